The number of ether oxygens (including phenoxy) is 2. The first-order chi connectivity index (χ1) is 11.6. The molecule has 1 aromatic carbocycles. The average molecular weight is 413 g/mol. The summed E-state index contributed by atoms with van der Waals surface area (Å²) in [4.78, 5) is 13.4. The maximum absolute atomic E-state index is 14.6. The number of aryl methyl sites for hydroxylation is 1. The van der Waals surface area contributed by atoms with E-state index in [2.05, 4.69) is 22.0 Å². The highest BCUT2D eigenvalue weighted by atomic mass is 79.9. The first-order valence-electron chi connectivity index (χ1n) is 8.09. The zero-order chi connectivity index (χ0) is 18.8. The van der Waals surface area contributed by atoms with Gasteiger partial charge in [0, 0.05) is 17.4 Å². The van der Waals surface area contributed by atoms with E-state index in [9.17, 15) is 14.4 Å². The van der Waals surface area contributed by atoms with E-state index < -0.39 is 24.0 Å². The monoisotopic (exact) mass is 412 g/mol. The SMILES string of the molecule is Cc1cc(Br)cc(C#N)c1OC1CCN(C(=O)OC(C)(C)C)CC1F. The molecule has 0 N–H and O–H groups in total. The Kier molecular flexibility index (Phi) is 5.94. The number of hydrogen-bond donors (Lipinski definition) is 0. The van der Waals surface area contributed by atoms with Gasteiger partial charge in [0.25, 0.3) is 0 Å². The van der Waals surface area contributed by atoms with Crippen LogP contribution in [0.15, 0.2) is 16.6 Å². The smallest absolute Gasteiger partial charge is 0.410 e. The number of halogens is 2. The van der Waals surface area contributed by atoms with Crippen LogP contribution in [0.3, 0.4) is 0 Å². The minimum absolute atomic E-state index is 0.0863. The lowest BCUT2D eigenvalue weighted by atomic mass is 10.1. The quantitative estimate of drug-likeness (QED) is 0.723. The third kappa shape index (κ3) is 5.08. The summed E-state index contributed by atoms with van der Waals surface area (Å²) in [6.07, 6.45) is -2.24. The van der Waals surface area contributed by atoms with E-state index in [4.69, 9.17) is 9.47 Å². The van der Waals surface area contributed by atoms with Crippen molar-refractivity contribution in [2.45, 2.75) is 52.0 Å². The van der Waals surface area contributed by atoms with Crippen LogP contribution in [0.1, 0.15) is 38.3 Å². The van der Waals surface area contributed by atoms with E-state index in [1.807, 2.05) is 13.0 Å². The molecule has 1 aliphatic rings. The third-order valence-corrected chi connectivity index (χ3v) is 4.22. The number of hydrogen-bond acceptors (Lipinski definition) is 4. The largest absolute Gasteiger partial charge is 0.486 e. The van der Waals surface area contributed by atoms with E-state index >= 15 is 0 Å². The van der Waals surface area contributed by atoms with Crippen molar-refractivity contribution in [3.05, 3.63) is 27.7 Å². The zero-order valence-electron chi connectivity index (χ0n) is 14.8. The van der Waals surface area contributed by atoms with E-state index in [1.165, 1.54) is 4.90 Å². The van der Waals surface area contributed by atoms with E-state index in [0.29, 0.717) is 24.3 Å². The molecule has 2 unspecified atom stereocenters. The summed E-state index contributed by atoms with van der Waals surface area (Å²) in [6.45, 7) is 7.38. The van der Waals surface area contributed by atoms with E-state index in [-0.39, 0.29) is 6.54 Å². The molecule has 0 aliphatic carbocycles. The maximum atomic E-state index is 14.6. The van der Waals surface area contributed by atoms with Gasteiger partial charge in [-0.1, -0.05) is 15.9 Å². The molecule has 0 aromatic heterocycles. The average Bonchev–Trinajstić information content (AvgIpc) is 2.49. The molecule has 0 spiro atoms. The molecule has 1 saturated heterocycles. The lowest BCUT2D eigenvalue weighted by Crippen LogP contribution is -2.50. The number of carbonyl (C=O) groups excluding carboxylic acids is 1. The standard InChI is InChI=1S/C18H22BrFN2O3/c1-11-7-13(19)8-12(9-21)16(11)24-15-5-6-22(10-14(15)20)17(23)25-18(2,3)4/h7-8,14-15H,5-6,10H2,1-4H3. The van der Waals surface area contributed by atoms with Crippen molar-refractivity contribution in [3.8, 4) is 11.8 Å². The lowest BCUT2D eigenvalue weighted by molar-refractivity contribution is -0.0107. The molecule has 136 valence electrons. The number of piperidine rings is 1. The van der Waals surface area contributed by atoms with Gasteiger partial charge in [0.2, 0.25) is 0 Å². The second kappa shape index (κ2) is 7.61. The molecule has 0 bridgehead atoms. The van der Waals surface area contributed by atoms with Crippen LogP contribution in [0.2, 0.25) is 0 Å². The summed E-state index contributed by atoms with van der Waals surface area (Å²) in [6, 6.07) is 5.54. The predicted molar refractivity (Wildman–Crippen MR) is 95.3 cm³/mol. The number of nitrogens with zero attached hydrogens (tertiary/aromatic N) is 2. The summed E-state index contributed by atoms with van der Waals surface area (Å²) in [7, 11) is 0. The normalized spacial score (nSPS) is 20.8. The zero-order valence-corrected chi connectivity index (χ0v) is 16.4. The Labute approximate surface area is 155 Å². The molecule has 7 heteroatoms. The van der Waals surface area contributed by atoms with Crippen LogP contribution in [-0.2, 0) is 4.74 Å². The van der Waals surface area contributed by atoms with Crippen LogP contribution in [0, 0.1) is 18.3 Å². The van der Waals surface area contributed by atoms with Crippen LogP contribution < -0.4 is 4.74 Å². The molecular formula is C18H22BrFN2O3. The molecule has 0 radical (unpaired) electrons. The summed E-state index contributed by atoms with van der Waals surface area (Å²) in [5.41, 5.74) is 0.494. The molecule has 1 aliphatic heterocycles. The minimum atomic E-state index is -1.35. The van der Waals surface area contributed by atoms with Gasteiger partial charge in [0.15, 0.2) is 6.17 Å². The number of benzene rings is 1. The van der Waals surface area contributed by atoms with Crippen molar-refractivity contribution in [3.63, 3.8) is 0 Å². The summed E-state index contributed by atoms with van der Waals surface area (Å²) >= 11 is 3.33. The fourth-order valence-electron chi connectivity index (χ4n) is 2.63. The van der Waals surface area contributed by atoms with Gasteiger partial charge in [-0.15, -0.1) is 0 Å². The second-order valence-electron chi connectivity index (χ2n) is 7.10. The van der Waals surface area contributed by atoms with Crippen LogP contribution >= 0.6 is 15.9 Å². The number of rotatable bonds is 2. The van der Waals surface area contributed by atoms with Crippen LogP contribution in [0.25, 0.3) is 0 Å². The maximum Gasteiger partial charge on any atom is 0.410 e. The lowest BCUT2D eigenvalue weighted by Gasteiger charge is -2.35. The number of amides is 1. The van der Waals surface area contributed by atoms with Crippen LogP contribution in [0.5, 0.6) is 5.75 Å². The first-order valence-corrected chi connectivity index (χ1v) is 8.89. The molecule has 25 heavy (non-hydrogen) atoms. The Morgan fingerprint density at radius 2 is 2.12 bits per heavy atom. The highest BCUT2D eigenvalue weighted by molar-refractivity contribution is 9.10. The molecule has 1 aromatic rings. The molecular weight excluding hydrogens is 391 g/mol. The van der Waals surface area contributed by atoms with E-state index in [1.54, 1.807) is 26.8 Å². The fourth-order valence-corrected chi connectivity index (χ4v) is 3.20. The molecule has 5 nitrogen and oxygen atoms in total. The van der Waals surface area contributed by atoms with Gasteiger partial charge in [-0.25, -0.2) is 9.18 Å². The van der Waals surface area contributed by atoms with Gasteiger partial charge in [-0.2, -0.15) is 5.26 Å². The molecule has 0 saturated carbocycles. The summed E-state index contributed by atoms with van der Waals surface area (Å²) < 4.78 is 26.4. The van der Waals surface area contributed by atoms with Crippen molar-refractivity contribution in [2.24, 2.45) is 0 Å². The van der Waals surface area contributed by atoms with Crippen molar-refractivity contribution < 1.29 is 18.7 Å². The number of alkyl halides is 1. The van der Waals surface area contributed by atoms with Gasteiger partial charge in [0.05, 0.1) is 12.1 Å². The second-order valence-corrected chi connectivity index (χ2v) is 8.01. The number of carbonyl (C=O) groups is 1. The molecule has 1 heterocycles. The molecule has 2 atom stereocenters. The molecule has 1 amide bonds. The van der Waals surface area contributed by atoms with Gasteiger partial charge >= 0.3 is 6.09 Å². The van der Waals surface area contributed by atoms with Crippen molar-refractivity contribution in [1.29, 1.82) is 5.26 Å². The van der Waals surface area contributed by atoms with Crippen molar-refractivity contribution >= 4 is 22.0 Å². The van der Waals surface area contributed by atoms with Crippen molar-refractivity contribution in [2.75, 3.05) is 13.1 Å². The first kappa shape index (κ1) is 19.5. The molecule has 1 fully saturated rings. The van der Waals surface area contributed by atoms with Gasteiger partial charge in [-0.3, -0.25) is 0 Å². The highest BCUT2D eigenvalue weighted by Gasteiger charge is 2.35. The van der Waals surface area contributed by atoms with Crippen molar-refractivity contribution in [1.82, 2.24) is 4.90 Å². The topological polar surface area (TPSA) is 62.6 Å². The predicted octanol–water partition coefficient (Wildman–Crippen LogP) is 4.36. The summed E-state index contributed by atoms with van der Waals surface area (Å²) in [5.74, 6) is 0.393. The van der Waals surface area contributed by atoms with Gasteiger partial charge in [0.1, 0.15) is 23.5 Å². The van der Waals surface area contributed by atoms with Crippen LogP contribution in [0.4, 0.5) is 9.18 Å². The Morgan fingerprint density at radius 1 is 1.44 bits per heavy atom. The Balaban J connectivity index is 2.06. The number of likely N-dealkylation sites (tertiary alicyclic amines) is 1. The Bertz CT molecular complexity index is 697. The highest BCUT2D eigenvalue weighted by Crippen LogP contribution is 2.31. The Hall–Kier alpha value is -1.81. The minimum Gasteiger partial charge on any atom is -0.486 e. The Morgan fingerprint density at radius 3 is 2.68 bits per heavy atom. The fraction of sp³-hybridized carbons (Fsp3) is 0.556. The number of nitriles is 1. The van der Waals surface area contributed by atoms with Gasteiger partial charge in [-0.05, 0) is 45.4 Å². The molecule has 2 rings (SSSR count). The van der Waals surface area contributed by atoms with Crippen LogP contribution in [-0.4, -0.2) is 42.0 Å². The summed E-state index contributed by atoms with van der Waals surface area (Å²) in [5, 5.41) is 9.27. The van der Waals surface area contributed by atoms with E-state index in [0.717, 1.165) is 10.0 Å². The van der Waals surface area contributed by atoms with Gasteiger partial charge < -0.3 is 14.4 Å². The third-order valence-electron chi connectivity index (χ3n) is 3.76.